The van der Waals surface area contributed by atoms with Crippen LogP contribution in [0.5, 0.6) is 5.75 Å². The fraction of sp³-hybridized carbons (Fsp3) is 0.333. The van der Waals surface area contributed by atoms with Crippen LogP contribution in [0, 0.1) is 18.2 Å². The van der Waals surface area contributed by atoms with Crippen LogP contribution in [0.1, 0.15) is 12.8 Å². The van der Waals surface area contributed by atoms with E-state index < -0.39 is 0 Å². The van der Waals surface area contributed by atoms with Crippen molar-refractivity contribution in [3.63, 3.8) is 0 Å². The highest BCUT2D eigenvalue weighted by molar-refractivity contribution is 5.49. The molecule has 0 aliphatic heterocycles. The number of nitrogens with one attached hydrogen (secondary N) is 1. The van der Waals surface area contributed by atoms with E-state index in [0.717, 1.165) is 6.42 Å². The number of ether oxygens (including phenoxy) is 1. The van der Waals surface area contributed by atoms with E-state index >= 15 is 0 Å². The van der Waals surface area contributed by atoms with Crippen molar-refractivity contribution in [3.05, 3.63) is 24.0 Å². The zero-order valence-electron chi connectivity index (χ0n) is 8.72. The average molecular weight is 207 g/mol. The number of halogens is 1. The fourth-order valence-electron chi connectivity index (χ4n) is 1.18. The molecule has 1 aromatic carbocycles. The van der Waals surface area contributed by atoms with Crippen molar-refractivity contribution in [1.29, 1.82) is 0 Å². The Labute approximate surface area is 89.4 Å². The summed E-state index contributed by atoms with van der Waals surface area (Å²) in [4.78, 5) is 0. The van der Waals surface area contributed by atoms with Crippen molar-refractivity contribution in [2.45, 2.75) is 12.8 Å². The molecule has 0 spiro atoms. The molecule has 1 N–H and O–H groups in total. The maximum atomic E-state index is 13.3. The highest BCUT2D eigenvalue weighted by Crippen LogP contribution is 2.20. The first kappa shape index (κ1) is 11.4. The quantitative estimate of drug-likeness (QED) is 0.592. The molecule has 0 aromatic heterocycles. The summed E-state index contributed by atoms with van der Waals surface area (Å²) in [5.41, 5.74) is 0.450. The summed E-state index contributed by atoms with van der Waals surface area (Å²) < 4.78 is 18.3. The van der Waals surface area contributed by atoms with E-state index in [-0.39, 0.29) is 5.82 Å². The van der Waals surface area contributed by atoms with Gasteiger partial charge in [0.15, 0.2) is 0 Å². The molecule has 0 aliphatic carbocycles. The van der Waals surface area contributed by atoms with Gasteiger partial charge in [-0.1, -0.05) is 0 Å². The van der Waals surface area contributed by atoms with Gasteiger partial charge < -0.3 is 10.1 Å². The minimum Gasteiger partial charge on any atom is -0.497 e. The Morgan fingerprint density at radius 3 is 3.00 bits per heavy atom. The number of benzene rings is 1. The van der Waals surface area contributed by atoms with E-state index in [1.165, 1.54) is 6.07 Å². The van der Waals surface area contributed by atoms with Gasteiger partial charge in [-0.05, 0) is 18.6 Å². The Kier molecular flexibility index (Phi) is 4.49. The van der Waals surface area contributed by atoms with Crippen LogP contribution in [0.4, 0.5) is 10.1 Å². The summed E-state index contributed by atoms with van der Waals surface area (Å²) in [5, 5.41) is 2.97. The van der Waals surface area contributed by atoms with Crippen molar-refractivity contribution in [1.82, 2.24) is 0 Å². The molecule has 0 saturated carbocycles. The van der Waals surface area contributed by atoms with E-state index in [1.54, 1.807) is 19.2 Å². The molecule has 3 heteroatoms. The monoisotopic (exact) mass is 207 g/mol. The van der Waals surface area contributed by atoms with E-state index in [2.05, 4.69) is 11.2 Å². The highest BCUT2D eigenvalue weighted by atomic mass is 19.1. The van der Waals surface area contributed by atoms with Gasteiger partial charge in [0.2, 0.25) is 0 Å². The van der Waals surface area contributed by atoms with Crippen LogP contribution in [-0.2, 0) is 0 Å². The molecule has 0 bridgehead atoms. The Hall–Kier alpha value is -1.69. The zero-order valence-corrected chi connectivity index (χ0v) is 8.72. The van der Waals surface area contributed by atoms with Crippen molar-refractivity contribution in [2.75, 3.05) is 19.0 Å². The number of rotatable bonds is 5. The van der Waals surface area contributed by atoms with E-state index in [1.807, 2.05) is 0 Å². The molecule has 0 fully saturated rings. The van der Waals surface area contributed by atoms with Gasteiger partial charge in [0, 0.05) is 19.0 Å². The first-order valence-electron chi connectivity index (χ1n) is 4.79. The third-order valence-electron chi connectivity index (χ3n) is 1.99. The lowest BCUT2D eigenvalue weighted by Crippen LogP contribution is -2.03. The van der Waals surface area contributed by atoms with Gasteiger partial charge in [-0.15, -0.1) is 12.3 Å². The maximum Gasteiger partial charge on any atom is 0.146 e. The van der Waals surface area contributed by atoms with Crippen LogP contribution < -0.4 is 10.1 Å². The molecular weight excluding hydrogens is 193 g/mol. The first-order valence-corrected chi connectivity index (χ1v) is 4.79. The van der Waals surface area contributed by atoms with Gasteiger partial charge in [0.1, 0.15) is 11.6 Å². The summed E-state index contributed by atoms with van der Waals surface area (Å²) >= 11 is 0. The molecule has 0 unspecified atom stereocenters. The number of terminal acetylenes is 1. The molecule has 1 rings (SSSR count). The molecular formula is C12H14FNO. The van der Waals surface area contributed by atoms with Crippen LogP contribution >= 0.6 is 0 Å². The molecule has 2 nitrogen and oxygen atoms in total. The van der Waals surface area contributed by atoms with E-state index in [0.29, 0.717) is 24.4 Å². The van der Waals surface area contributed by atoms with Gasteiger partial charge in [-0.25, -0.2) is 4.39 Å². The Morgan fingerprint density at radius 1 is 1.53 bits per heavy atom. The normalized spacial score (nSPS) is 9.40. The molecule has 1 aromatic rings. The second-order valence-electron chi connectivity index (χ2n) is 3.08. The molecule has 0 aliphatic rings. The maximum absolute atomic E-state index is 13.3. The van der Waals surface area contributed by atoms with Crippen LogP contribution in [0.15, 0.2) is 18.2 Å². The van der Waals surface area contributed by atoms with Gasteiger partial charge in [-0.2, -0.15) is 0 Å². The van der Waals surface area contributed by atoms with Crippen molar-refractivity contribution < 1.29 is 9.13 Å². The lowest BCUT2D eigenvalue weighted by Gasteiger charge is -2.08. The minimum atomic E-state index is -0.281. The number of hydrogen-bond acceptors (Lipinski definition) is 2. The van der Waals surface area contributed by atoms with Gasteiger partial charge >= 0.3 is 0 Å². The molecule has 80 valence electrons. The second-order valence-corrected chi connectivity index (χ2v) is 3.08. The van der Waals surface area contributed by atoms with Gasteiger partial charge in [0.05, 0.1) is 12.8 Å². The third kappa shape index (κ3) is 3.51. The number of anilines is 1. The predicted molar refractivity (Wildman–Crippen MR) is 59.5 cm³/mol. The molecule has 0 amide bonds. The Morgan fingerprint density at radius 2 is 2.33 bits per heavy atom. The highest BCUT2D eigenvalue weighted by Gasteiger charge is 2.02. The van der Waals surface area contributed by atoms with Crippen LogP contribution in [0.3, 0.4) is 0 Å². The minimum absolute atomic E-state index is 0.281. The third-order valence-corrected chi connectivity index (χ3v) is 1.99. The molecule has 15 heavy (non-hydrogen) atoms. The number of methoxy groups -OCH3 is 1. The Balaban J connectivity index is 2.56. The molecule has 0 atom stereocenters. The summed E-state index contributed by atoms with van der Waals surface area (Å²) in [6.07, 6.45) is 6.63. The molecule has 0 heterocycles. The van der Waals surface area contributed by atoms with E-state index in [9.17, 15) is 4.39 Å². The van der Waals surface area contributed by atoms with Crippen LogP contribution in [-0.4, -0.2) is 13.7 Å². The lowest BCUT2D eigenvalue weighted by atomic mass is 10.2. The standard InChI is InChI=1S/C12H14FNO/c1-3-4-5-8-14-12-9-10(15-2)6-7-11(12)13/h1,6-7,9,14H,4-5,8H2,2H3. The lowest BCUT2D eigenvalue weighted by molar-refractivity contribution is 0.414. The smallest absolute Gasteiger partial charge is 0.146 e. The summed E-state index contributed by atoms with van der Waals surface area (Å²) in [6, 6.07) is 4.59. The largest absolute Gasteiger partial charge is 0.497 e. The van der Waals surface area contributed by atoms with Gasteiger partial charge in [0.25, 0.3) is 0 Å². The summed E-state index contributed by atoms with van der Waals surface area (Å²) in [7, 11) is 1.55. The van der Waals surface area contributed by atoms with E-state index in [4.69, 9.17) is 11.2 Å². The topological polar surface area (TPSA) is 21.3 Å². The Bertz CT molecular complexity index is 357. The predicted octanol–water partition coefficient (Wildman–Crippen LogP) is 2.66. The summed E-state index contributed by atoms with van der Waals surface area (Å²) in [6.45, 7) is 0.661. The average Bonchev–Trinajstić information content (AvgIpc) is 2.26. The van der Waals surface area contributed by atoms with Crippen molar-refractivity contribution in [3.8, 4) is 18.1 Å². The first-order chi connectivity index (χ1) is 7.27. The second kappa shape index (κ2) is 5.92. The van der Waals surface area contributed by atoms with Gasteiger partial charge in [-0.3, -0.25) is 0 Å². The summed E-state index contributed by atoms with van der Waals surface area (Å²) in [5.74, 6) is 2.89. The fourth-order valence-corrected chi connectivity index (χ4v) is 1.18. The molecule has 0 saturated heterocycles. The number of hydrogen-bond donors (Lipinski definition) is 1. The number of unbranched alkanes of at least 4 members (excludes halogenated alkanes) is 1. The van der Waals surface area contributed by atoms with Crippen molar-refractivity contribution >= 4 is 5.69 Å². The SMILES string of the molecule is C#CCCCNc1cc(OC)ccc1F. The zero-order chi connectivity index (χ0) is 11.1. The van der Waals surface area contributed by atoms with Crippen LogP contribution in [0.2, 0.25) is 0 Å². The van der Waals surface area contributed by atoms with Crippen LogP contribution in [0.25, 0.3) is 0 Å². The van der Waals surface area contributed by atoms with Crippen molar-refractivity contribution in [2.24, 2.45) is 0 Å². The molecule has 0 radical (unpaired) electrons.